The van der Waals surface area contributed by atoms with Gasteiger partial charge in [-0.3, -0.25) is 14.2 Å². The maximum atomic E-state index is 12.8. The quantitative estimate of drug-likeness (QED) is 0.0195. The van der Waals surface area contributed by atoms with Gasteiger partial charge in [-0.15, -0.1) is 0 Å². The molecular weight excluding hydrogens is 990 g/mol. The number of carbonyl (C=O) groups excluding carboxylic acids is 2. The zero-order valence-electron chi connectivity index (χ0n) is 52.1. The fourth-order valence-electron chi connectivity index (χ4n) is 9.66. The number of hydrogen-bond donors (Lipinski definition) is 0. The minimum Gasteiger partial charge on any atom is -0.756 e. The second kappa shape index (κ2) is 59.6. The van der Waals surface area contributed by atoms with Crippen molar-refractivity contribution >= 4 is 19.8 Å². The number of phosphoric ester groups is 1. The minimum absolute atomic E-state index is 0.0320. The van der Waals surface area contributed by atoms with Crippen LogP contribution in [-0.4, -0.2) is 70.0 Å². The Morgan fingerprint density at radius 2 is 0.692 bits per heavy atom. The van der Waals surface area contributed by atoms with Gasteiger partial charge in [-0.1, -0.05) is 281 Å². The van der Waals surface area contributed by atoms with Crippen molar-refractivity contribution in [3.63, 3.8) is 0 Å². The van der Waals surface area contributed by atoms with Crippen LogP contribution in [0.3, 0.4) is 0 Å². The van der Waals surface area contributed by atoms with Crippen molar-refractivity contribution in [1.82, 2.24) is 0 Å². The number of likely N-dealkylation sites (N-methyl/N-ethyl adjacent to an activating group) is 1. The zero-order valence-corrected chi connectivity index (χ0v) is 53.0. The number of esters is 2. The number of nitrogens with zero attached hydrogens (tertiary/aromatic N) is 1. The van der Waals surface area contributed by atoms with E-state index in [9.17, 15) is 19.0 Å². The molecular formula is C68H128NO8P. The van der Waals surface area contributed by atoms with Crippen molar-refractivity contribution in [2.75, 3.05) is 47.5 Å². The summed E-state index contributed by atoms with van der Waals surface area (Å²) in [7, 11) is 1.17. The van der Waals surface area contributed by atoms with E-state index in [-0.39, 0.29) is 26.1 Å². The standard InChI is InChI=1S/C68H128NO8P/c1-6-8-10-12-14-16-18-20-22-23-24-25-26-27-28-29-30-31-32-33-34-35-36-37-38-39-40-41-42-43-44-45-47-49-51-53-55-57-59-61-68(71)77-66(65-76-78(72,73)75-63-62-69(3,4)5)64-74-67(70)60-58-56-54-52-50-48-46-21-19-17-15-13-11-9-7-2/h15,17-18,20-21,23-24,46,66H,6-14,16,19,22,25-45,47-65H2,1-5H3/b17-15-,20-18-,24-23-,46-21-. The monoisotopic (exact) mass is 1120 g/mol. The van der Waals surface area contributed by atoms with E-state index in [4.69, 9.17) is 18.5 Å². The number of hydrogen-bond acceptors (Lipinski definition) is 8. The summed E-state index contributed by atoms with van der Waals surface area (Å²) in [5, 5.41) is 0. The Balaban J connectivity index is 3.89. The van der Waals surface area contributed by atoms with Crippen LogP contribution in [0.2, 0.25) is 0 Å². The van der Waals surface area contributed by atoms with Crippen molar-refractivity contribution in [2.24, 2.45) is 0 Å². The van der Waals surface area contributed by atoms with E-state index in [2.05, 4.69) is 62.5 Å². The second-order valence-corrected chi connectivity index (χ2v) is 25.2. The topological polar surface area (TPSA) is 111 Å². The highest BCUT2D eigenvalue weighted by atomic mass is 31.2. The molecule has 78 heavy (non-hydrogen) atoms. The normalized spacial score (nSPS) is 13.5. The molecule has 0 radical (unpaired) electrons. The summed E-state index contributed by atoms with van der Waals surface area (Å²) in [5.74, 6) is -0.837. The summed E-state index contributed by atoms with van der Waals surface area (Å²) in [6.45, 7) is 4.22. The van der Waals surface area contributed by atoms with Gasteiger partial charge in [0.1, 0.15) is 19.8 Å². The van der Waals surface area contributed by atoms with E-state index >= 15 is 0 Å². The summed E-state index contributed by atoms with van der Waals surface area (Å²) in [6.07, 6.45) is 76.4. The molecule has 10 heteroatoms. The molecule has 0 saturated carbocycles. The summed E-state index contributed by atoms with van der Waals surface area (Å²) in [5.41, 5.74) is 0. The van der Waals surface area contributed by atoms with E-state index in [0.717, 1.165) is 57.8 Å². The minimum atomic E-state index is -4.64. The number of ether oxygens (including phenoxy) is 2. The third-order valence-corrected chi connectivity index (χ3v) is 15.8. The van der Waals surface area contributed by atoms with Crippen LogP contribution >= 0.6 is 7.82 Å². The molecule has 0 aromatic heterocycles. The van der Waals surface area contributed by atoms with Gasteiger partial charge in [-0.2, -0.15) is 0 Å². The van der Waals surface area contributed by atoms with Gasteiger partial charge in [-0.25, -0.2) is 0 Å². The fraction of sp³-hybridized carbons (Fsp3) is 0.853. The molecule has 0 rings (SSSR count). The molecule has 0 N–H and O–H groups in total. The number of quaternary nitrogens is 1. The van der Waals surface area contributed by atoms with Crippen LogP contribution in [0.5, 0.6) is 0 Å². The Bertz CT molecular complexity index is 1460. The Morgan fingerprint density at radius 3 is 1.04 bits per heavy atom. The van der Waals surface area contributed by atoms with E-state index in [1.165, 1.54) is 225 Å². The first-order valence-corrected chi connectivity index (χ1v) is 34.8. The Labute approximate surface area is 484 Å². The molecule has 0 aliphatic carbocycles. The Hall–Kier alpha value is -2.03. The van der Waals surface area contributed by atoms with Crippen molar-refractivity contribution < 1.29 is 42.1 Å². The molecule has 0 heterocycles. The van der Waals surface area contributed by atoms with Gasteiger partial charge in [0, 0.05) is 12.8 Å². The van der Waals surface area contributed by atoms with Gasteiger partial charge in [0.15, 0.2) is 6.10 Å². The third-order valence-electron chi connectivity index (χ3n) is 14.8. The van der Waals surface area contributed by atoms with E-state index in [0.29, 0.717) is 23.9 Å². The predicted molar refractivity (Wildman–Crippen MR) is 333 cm³/mol. The zero-order chi connectivity index (χ0) is 57.0. The van der Waals surface area contributed by atoms with Gasteiger partial charge < -0.3 is 27.9 Å². The van der Waals surface area contributed by atoms with Crippen LogP contribution in [0.1, 0.15) is 322 Å². The van der Waals surface area contributed by atoms with Crippen LogP contribution in [0.25, 0.3) is 0 Å². The lowest BCUT2D eigenvalue weighted by Crippen LogP contribution is -2.37. The highest BCUT2D eigenvalue weighted by Crippen LogP contribution is 2.38. The first-order valence-electron chi connectivity index (χ1n) is 33.3. The number of allylic oxidation sites excluding steroid dienone is 8. The summed E-state index contributed by atoms with van der Waals surface area (Å²) >= 11 is 0. The summed E-state index contributed by atoms with van der Waals surface area (Å²) in [4.78, 5) is 37.9. The number of unbranched alkanes of at least 4 members (excludes halogenated alkanes) is 40. The summed E-state index contributed by atoms with van der Waals surface area (Å²) in [6, 6.07) is 0. The van der Waals surface area contributed by atoms with Gasteiger partial charge in [0.2, 0.25) is 0 Å². The molecule has 458 valence electrons. The van der Waals surface area contributed by atoms with Gasteiger partial charge in [0.25, 0.3) is 7.82 Å². The lowest BCUT2D eigenvalue weighted by atomic mass is 10.0. The van der Waals surface area contributed by atoms with Crippen LogP contribution in [-0.2, 0) is 32.7 Å². The predicted octanol–water partition coefficient (Wildman–Crippen LogP) is 20.6. The van der Waals surface area contributed by atoms with Gasteiger partial charge in [-0.05, 0) is 77.0 Å². The van der Waals surface area contributed by atoms with Crippen molar-refractivity contribution in [3.05, 3.63) is 48.6 Å². The average Bonchev–Trinajstić information content (AvgIpc) is 3.41. The molecule has 0 bridgehead atoms. The van der Waals surface area contributed by atoms with Crippen molar-refractivity contribution in [3.8, 4) is 0 Å². The molecule has 2 unspecified atom stereocenters. The third kappa shape index (κ3) is 63.2. The van der Waals surface area contributed by atoms with E-state index in [1.807, 2.05) is 21.1 Å². The maximum absolute atomic E-state index is 12.8. The molecule has 0 saturated heterocycles. The molecule has 0 aromatic carbocycles. The van der Waals surface area contributed by atoms with Gasteiger partial charge in [0.05, 0.1) is 27.7 Å². The van der Waals surface area contributed by atoms with Crippen LogP contribution < -0.4 is 4.89 Å². The fourth-order valence-corrected chi connectivity index (χ4v) is 10.4. The number of carbonyl (C=O) groups is 2. The maximum Gasteiger partial charge on any atom is 0.306 e. The lowest BCUT2D eigenvalue weighted by molar-refractivity contribution is -0.870. The highest BCUT2D eigenvalue weighted by Gasteiger charge is 2.22. The van der Waals surface area contributed by atoms with Crippen LogP contribution in [0.4, 0.5) is 0 Å². The van der Waals surface area contributed by atoms with Crippen LogP contribution in [0.15, 0.2) is 48.6 Å². The Morgan fingerprint density at radius 1 is 0.397 bits per heavy atom. The highest BCUT2D eigenvalue weighted by molar-refractivity contribution is 7.45. The molecule has 0 amide bonds. The molecule has 0 aromatic rings. The van der Waals surface area contributed by atoms with Gasteiger partial charge >= 0.3 is 11.9 Å². The van der Waals surface area contributed by atoms with Crippen molar-refractivity contribution in [1.29, 1.82) is 0 Å². The smallest absolute Gasteiger partial charge is 0.306 e. The SMILES string of the molecule is CCCCC/C=C\C/C=C\CCCCCCCC(=O)OCC(COP(=O)([O-])OCC[N+](C)(C)C)OC(=O)CCCCCCCCCCCCCCCCCCCCCCCCCCCCC/C=C\C/C=C\CCCCCCC. The molecule has 0 aliphatic heterocycles. The van der Waals surface area contributed by atoms with Crippen molar-refractivity contribution in [2.45, 2.75) is 328 Å². The largest absolute Gasteiger partial charge is 0.756 e. The second-order valence-electron chi connectivity index (χ2n) is 23.8. The van der Waals surface area contributed by atoms with E-state index in [1.54, 1.807) is 0 Å². The molecule has 9 nitrogen and oxygen atoms in total. The molecule has 0 aliphatic rings. The lowest BCUT2D eigenvalue weighted by Gasteiger charge is -2.28. The number of rotatable bonds is 62. The van der Waals surface area contributed by atoms with Crippen LogP contribution in [0, 0.1) is 0 Å². The average molecular weight is 1120 g/mol. The first-order chi connectivity index (χ1) is 38.0. The Kier molecular flexibility index (Phi) is 58.0. The molecule has 0 spiro atoms. The molecule has 0 fully saturated rings. The summed E-state index contributed by atoms with van der Waals surface area (Å²) < 4.78 is 34.2. The van der Waals surface area contributed by atoms with E-state index < -0.39 is 32.5 Å². The number of phosphoric acid groups is 1. The molecule has 2 atom stereocenters. The first kappa shape index (κ1) is 76.0.